The number of thioether (sulfide) groups is 1. The number of para-hydroxylation sites is 1. The minimum absolute atomic E-state index is 0.168. The predicted molar refractivity (Wildman–Crippen MR) is 105 cm³/mol. The monoisotopic (exact) mass is 447 g/mol. The topological polar surface area (TPSA) is 83.9 Å². The highest BCUT2D eigenvalue weighted by Crippen LogP contribution is 2.34. The quantitative estimate of drug-likeness (QED) is 0.669. The van der Waals surface area contributed by atoms with E-state index in [1.807, 2.05) is 30.3 Å². The molecule has 0 spiro atoms. The van der Waals surface area contributed by atoms with Crippen LogP contribution in [0.2, 0.25) is 0 Å². The van der Waals surface area contributed by atoms with Gasteiger partial charge in [-0.05, 0) is 41.6 Å². The lowest BCUT2D eigenvalue weighted by Crippen LogP contribution is -2.33. The van der Waals surface area contributed by atoms with Gasteiger partial charge in [-0.1, -0.05) is 46.3 Å². The Kier molecular flexibility index (Phi) is 5.98. The van der Waals surface area contributed by atoms with Crippen LogP contribution >= 0.6 is 27.7 Å². The van der Waals surface area contributed by atoms with Crippen molar-refractivity contribution < 1.29 is 24.2 Å². The first kappa shape index (κ1) is 19.2. The zero-order chi connectivity index (χ0) is 19.4. The number of aliphatic carboxylic acids is 1. The summed E-state index contributed by atoms with van der Waals surface area (Å²) in [4.78, 5) is 35.8. The second-order valence-corrected chi connectivity index (χ2v) is 7.52. The molecule has 3 rings (SSSR count). The summed E-state index contributed by atoms with van der Waals surface area (Å²) in [7, 11) is 0. The number of nitrogens with zero attached hydrogens (tertiary/aromatic N) is 1. The van der Waals surface area contributed by atoms with Crippen molar-refractivity contribution >= 4 is 50.9 Å². The highest BCUT2D eigenvalue weighted by molar-refractivity contribution is 9.10. The number of imide groups is 1. The molecule has 0 atom stereocenters. The Morgan fingerprint density at radius 3 is 2.56 bits per heavy atom. The number of ether oxygens (including phenoxy) is 1. The highest BCUT2D eigenvalue weighted by Gasteiger charge is 2.36. The number of rotatable bonds is 6. The second kappa shape index (κ2) is 8.41. The summed E-state index contributed by atoms with van der Waals surface area (Å²) < 4.78 is 6.83. The summed E-state index contributed by atoms with van der Waals surface area (Å²) in [5.41, 5.74) is 1.62. The molecule has 1 aliphatic rings. The van der Waals surface area contributed by atoms with Crippen LogP contribution in [0, 0.1) is 0 Å². The zero-order valence-electron chi connectivity index (χ0n) is 13.9. The Bertz CT molecular complexity index is 926. The van der Waals surface area contributed by atoms with E-state index in [1.165, 1.54) is 0 Å². The van der Waals surface area contributed by atoms with Crippen LogP contribution in [0.1, 0.15) is 11.1 Å². The molecule has 1 heterocycles. The molecule has 1 fully saturated rings. The first-order chi connectivity index (χ1) is 12.9. The molecular weight excluding hydrogens is 434 g/mol. The van der Waals surface area contributed by atoms with Crippen LogP contribution in [0.4, 0.5) is 4.79 Å². The number of carbonyl (C=O) groups is 3. The van der Waals surface area contributed by atoms with Gasteiger partial charge in [0.05, 0.1) is 4.91 Å². The molecule has 2 aromatic carbocycles. The Morgan fingerprint density at radius 2 is 1.85 bits per heavy atom. The average Bonchev–Trinajstić information content (AvgIpc) is 2.89. The maximum absolute atomic E-state index is 12.3. The number of amides is 2. The molecule has 1 saturated heterocycles. The molecular formula is C19H14BrNO5S. The molecule has 8 heteroatoms. The number of halogens is 1. The van der Waals surface area contributed by atoms with Gasteiger partial charge in [-0.2, -0.15) is 0 Å². The maximum Gasteiger partial charge on any atom is 0.323 e. The van der Waals surface area contributed by atoms with Crippen molar-refractivity contribution in [3.8, 4) is 5.75 Å². The smallest absolute Gasteiger partial charge is 0.323 e. The van der Waals surface area contributed by atoms with Crippen molar-refractivity contribution in [2.75, 3.05) is 6.54 Å². The van der Waals surface area contributed by atoms with E-state index < -0.39 is 23.7 Å². The largest absolute Gasteiger partial charge is 0.488 e. The third-order valence-electron chi connectivity index (χ3n) is 3.68. The summed E-state index contributed by atoms with van der Waals surface area (Å²) >= 11 is 4.10. The van der Waals surface area contributed by atoms with Crippen LogP contribution in [0.15, 0.2) is 57.9 Å². The van der Waals surface area contributed by atoms with Gasteiger partial charge >= 0.3 is 5.97 Å². The van der Waals surface area contributed by atoms with Gasteiger partial charge in [0.25, 0.3) is 11.1 Å². The van der Waals surface area contributed by atoms with E-state index >= 15 is 0 Å². The summed E-state index contributed by atoms with van der Waals surface area (Å²) in [6.07, 6.45) is 1.55. The molecule has 2 amide bonds. The first-order valence-electron chi connectivity index (χ1n) is 7.87. The van der Waals surface area contributed by atoms with E-state index in [9.17, 15) is 14.4 Å². The summed E-state index contributed by atoms with van der Waals surface area (Å²) in [6.45, 7) is -0.303. The van der Waals surface area contributed by atoms with Gasteiger partial charge in [-0.15, -0.1) is 0 Å². The molecule has 0 bridgehead atoms. The van der Waals surface area contributed by atoms with E-state index in [0.29, 0.717) is 22.8 Å². The predicted octanol–water partition coefficient (Wildman–Crippen LogP) is 4.15. The lowest BCUT2D eigenvalue weighted by molar-refractivity contribution is -0.140. The summed E-state index contributed by atoms with van der Waals surface area (Å²) in [5, 5.41) is 8.23. The van der Waals surface area contributed by atoms with Crippen LogP contribution in [0.5, 0.6) is 5.75 Å². The molecule has 2 aromatic rings. The average molecular weight is 448 g/mol. The number of hydrogen-bond donors (Lipinski definition) is 1. The molecule has 0 radical (unpaired) electrons. The van der Waals surface area contributed by atoms with E-state index in [-0.39, 0.29) is 4.91 Å². The van der Waals surface area contributed by atoms with Gasteiger partial charge in [0.1, 0.15) is 18.9 Å². The molecule has 1 N–H and O–H groups in total. The van der Waals surface area contributed by atoms with E-state index in [2.05, 4.69) is 15.9 Å². The first-order valence-corrected chi connectivity index (χ1v) is 9.48. The van der Waals surface area contributed by atoms with Crippen LogP contribution in [0.3, 0.4) is 0 Å². The molecule has 0 saturated carbocycles. The Hall–Kier alpha value is -2.58. The fraction of sp³-hybridized carbons (Fsp3) is 0.105. The molecule has 27 heavy (non-hydrogen) atoms. The van der Waals surface area contributed by atoms with Crippen molar-refractivity contribution in [2.45, 2.75) is 6.61 Å². The van der Waals surface area contributed by atoms with Crippen LogP contribution < -0.4 is 4.74 Å². The van der Waals surface area contributed by atoms with Gasteiger partial charge in [0, 0.05) is 10.0 Å². The van der Waals surface area contributed by atoms with Gasteiger partial charge in [-0.3, -0.25) is 19.3 Å². The molecule has 138 valence electrons. The summed E-state index contributed by atoms with van der Waals surface area (Å²) in [6, 6.07) is 14.8. The van der Waals surface area contributed by atoms with E-state index in [4.69, 9.17) is 9.84 Å². The normalized spacial score (nSPS) is 15.4. The van der Waals surface area contributed by atoms with Gasteiger partial charge in [0.2, 0.25) is 0 Å². The lowest BCUT2D eigenvalue weighted by atomic mass is 10.1. The molecule has 0 unspecified atom stereocenters. The second-order valence-electron chi connectivity index (χ2n) is 5.61. The van der Waals surface area contributed by atoms with Crippen LogP contribution in [-0.4, -0.2) is 33.7 Å². The SMILES string of the molecule is O=C(O)CN1C(=O)S/C(=C/c2ccccc2OCc2ccc(Br)cc2)C1=O. The lowest BCUT2D eigenvalue weighted by Gasteiger charge is -2.10. The standard InChI is InChI=1S/C19H14BrNO5S/c20-14-7-5-12(6-8-14)11-26-15-4-2-1-3-13(15)9-16-18(24)21(10-17(22)23)19(25)27-16/h1-9H,10-11H2,(H,22,23)/b16-9+. The maximum atomic E-state index is 12.3. The third kappa shape index (κ3) is 4.78. The fourth-order valence-corrected chi connectivity index (χ4v) is 3.48. The van der Waals surface area contributed by atoms with Crippen molar-refractivity contribution in [1.29, 1.82) is 0 Å². The van der Waals surface area contributed by atoms with Gasteiger partial charge in [-0.25, -0.2) is 0 Å². The Labute approximate surface area is 167 Å². The number of hydrogen-bond acceptors (Lipinski definition) is 5. The van der Waals surface area contributed by atoms with E-state index in [0.717, 1.165) is 21.8 Å². The Balaban J connectivity index is 1.78. The van der Waals surface area contributed by atoms with Crippen LogP contribution in [-0.2, 0) is 16.2 Å². The van der Waals surface area contributed by atoms with Crippen molar-refractivity contribution in [3.63, 3.8) is 0 Å². The number of carbonyl (C=O) groups excluding carboxylic acids is 2. The molecule has 0 aliphatic carbocycles. The Morgan fingerprint density at radius 1 is 1.15 bits per heavy atom. The molecule has 6 nitrogen and oxygen atoms in total. The van der Waals surface area contributed by atoms with Crippen molar-refractivity contribution in [2.24, 2.45) is 0 Å². The minimum Gasteiger partial charge on any atom is -0.488 e. The van der Waals surface area contributed by atoms with Crippen LogP contribution in [0.25, 0.3) is 6.08 Å². The third-order valence-corrected chi connectivity index (χ3v) is 5.12. The van der Waals surface area contributed by atoms with Gasteiger partial charge < -0.3 is 9.84 Å². The minimum atomic E-state index is -1.24. The van der Waals surface area contributed by atoms with E-state index in [1.54, 1.807) is 24.3 Å². The zero-order valence-corrected chi connectivity index (χ0v) is 16.3. The van der Waals surface area contributed by atoms with Gasteiger partial charge in [0.15, 0.2) is 0 Å². The molecule has 1 aliphatic heterocycles. The number of benzene rings is 2. The summed E-state index contributed by atoms with van der Waals surface area (Å²) in [5.74, 6) is -1.29. The van der Waals surface area contributed by atoms with Crippen molar-refractivity contribution in [3.05, 3.63) is 69.0 Å². The fourth-order valence-electron chi connectivity index (χ4n) is 2.39. The van der Waals surface area contributed by atoms with Crippen molar-refractivity contribution in [1.82, 2.24) is 4.90 Å². The number of carboxylic acid groups (broad SMARTS) is 1. The highest BCUT2D eigenvalue weighted by atomic mass is 79.9. The molecule has 0 aromatic heterocycles. The number of carboxylic acids is 1.